The van der Waals surface area contributed by atoms with E-state index in [-0.39, 0.29) is 17.6 Å². The van der Waals surface area contributed by atoms with Crippen LogP contribution in [0.2, 0.25) is 0 Å². The van der Waals surface area contributed by atoms with Crippen LogP contribution in [-0.4, -0.2) is 62.1 Å². The Labute approximate surface area is 139 Å². The Morgan fingerprint density at radius 3 is 2.48 bits per heavy atom. The van der Waals surface area contributed by atoms with Crippen molar-refractivity contribution in [2.75, 3.05) is 31.9 Å². The highest BCUT2D eigenvalue weighted by molar-refractivity contribution is 7.89. The highest BCUT2D eigenvalue weighted by atomic mass is 32.2. The van der Waals surface area contributed by atoms with Crippen molar-refractivity contribution in [3.05, 3.63) is 0 Å². The smallest absolute Gasteiger partial charge is 0.222 e. The third kappa shape index (κ3) is 4.67. The van der Waals surface area contributed by atoms with E-state index in [4.69, 9.17) is 5.14 Å². The van der Waals surface area contributed by atoms with E-state index in [0.717, 1.165) is 19.1 Å². The highest BCUT2D eigenvalue weighted by Crippen LogP contribution is 2.29. The van der Waals surface area contributed by atoms with Crippen LogP contribution in [0.25, 0.3) is 0 Å². The number of sulfonamides is 1. The predicted molar refractivity (Wildman–Crippen MR) is 89.2 cm³/mol. The molecule has 3 fully saturated rings. The first-order valence-corrected chi connectivity index (χ1v) is 10.6. The fourth-order valence-electron chi connectivity index (χ4n) is 4.63. The van der Waals surface area contributed by atoms with Crippen LogP contribution in [0.4, 0.5) is 0 Å². The molecule has 2 aliphatic heterocycles. The second kappa shape index (κ2) is 7.07. The van der Waals surface area contributed by atoms with Crippen LogP contribution in [0.1, 0.15) is 44.9 Å². The van der Waals surface area contributed by atoms with Crippen molar-refractivity contribution in [3.8, 4) is 0 Å². The summed E-state index contributed by atoms with van der Waals surface area (Å²) in [6, 6.07) is 0.752. The van der Waals surface area contributed by atoms with E-state index in [0.29, 0.717) is 18.9 Å². The van der Waals surface area contributed by atoms with Crippen LogP contribution in [0, 0.1) is 11.8 Å². The van der Waals surface area contributed by atoms with Crippen LogP contribution in [0.3, 0.4) is 0 Å². The number of hydrogen-bond donors (Lipinski definition) is 1. The number of carbonyl (C=O) groups is 1. The molecule has 0 aromatic rings. The predicted octanol–water partition coefficient (Wildman–Crippen LogP) is 0.778. The van der Waals surface area contributed by atoms with E-state index in [1.54, 1.807) is 0 Å². The summed E-state index contributed by atoms with van der Waals surface area (Å²) in [5, 5.41) is 5.11. The lowest BCUT2D eigenvalue weighted by atomic mass is 9.95. The van der Waals surface area contributed by atoms with Crippen molar-refractivity contribution in [1.82, 2.24) is 9.80 Å². The standard InChI is InChI=1S/C16H29N3O3S/c17-23(21,22)12-14-8-16(20)19(11-14)10-13-4-3-7-18(9-13)15-5-1-2-6-15/h13-15H,1-12H2,(H2,17,21,22). The van der Waals surface area contributed by atoms with Gasteiger partial charge in [-0.1, -0.05) is 12.8 Å². The first-order chi connectivity index (χ1) is 10.9. The molecule has 0 radical (unpaired) electrons. The molecule has 2 heterocycles. The van der Waals surface area contributed by atoms with E-state index in [1.807, 2.05) is 4.90 Å². The number of piperidine rings is 1. The van der Waals surface area contributed by atoms with Gasteiger partial charge in [-0.3, -0.25) is 4.79 Å². The molecule has 23 heavy (non-hydrogen) atoms. The minimum absolute atomic E-state index is 0.0753. The lowest BCUT2D eigenvalue weighted by Crippen LogP contribution is -2.45. The molecule has 1 aliphatic carbocycles. The topological polar surface area (TPSA) is 83.7 Å². The molecule has 132 valence electrons. The quantitative estimate of drug-likeness (QED) is 0.799. The second-order valence-electron chi connectivity index (χ2n) is 7.64. The van der Waals surface area contributed by atoms with Gasteiger partial charge in [0, 0.05) is 38.0 Å². The van der Waals surface area contributed by atoms with E-state index in [9.17, 15) is 13.2 Å². The summed E-state index contributed by atoms with van der Waals surface area (Å²) in [7, 11) is -3.49. The summed E-state index contributed by atoms with van der Waals surface area (Å²) in [5.41, 5.74) is 0. The minimum Gasteiger partial charge on any atom is -0.342 e. The molecule has 0 spiro atoms. The van der Waals surface area contributed by atoms with Crippen LogP contribution in [0.5, 0.6) is 0 Å². The van der Waals surface area contributed by atoms with E-state index < -0.39 is 10.0 Å². The van der Waals surface area contributed by atoms with E-state index in [1.165, 1.54) is 45.1 Å². The molecule has 2 unspecified atom stereocenters. The maximum absolute atomic E-state index is 12.2. The maximum Gasteiger partial charge on any atom is 0.222 e. The summed E-state index contributed by atoms with van der Waals surface area (Å²) >= 11 is 0. The first-order valence-electron chi connectivity index (χ1n) is 8.93. The molecule has 3 aliphatic rings. The second-order valence-corrected chi connectivity index (χ2v) is 9.30. The van der Waals surface area contributed by atoms with Gasteiger partial charge < -0.3 is 9.80 Å². The molecule has 0 aromatic heterocycles. The fraction of sp³-hybridized carbons (Fsp3) is 0.938. The van der Waals surface area contributed by atoms with Crippen molar-refractivity contribution in [2.45, 2.75) is 51.0 Å². The summed E-state index contributed by atoms with van der Waals surface area (Å²) in [6.45, 7) is 3.62. The Kier molecular flexibility index (Phi) is 5.28. The number of rotatable bonds is 5. The van der Waals surface area contributed by atoms with Gasteiger partial charge in [-0.05, 0) is 38.1 Å². The van der Waals surface area contributed by atoms with Crippen LogP contribution in [0.15, 0.2) is 0 Å². The summed E-state index contributed by atoms with van der Waals surface area (Å²) < 4.78 is 22.4. The Bertz CT molecular complexity index is 531. The average molecular weight is 343 g/mol. The highest BCUT2D eigenvalue weighted by Gasteiger charge is 2.35. The normalized spacial score (nSPS) is 31.2. The van der Waals surface area contributed by atoms with Gasteiger partial charge in [-0.15, -0.1) is 0 Å². The minimum atomic E-state index is -3.49. The van der Waals surface area contributed by atoms with Gasteiger partial charge >= 0.3 is 0 Å². The molecule has 7 heteroatoms. The van der Waals surface area contributed by atoms with Gasteiger partial charge in [0.05, 0.1) is 5.75 Å². The van der Waals surface area contributed by atoms with Gasteiger partial charge in [-0.2, -0.15) is 0 Å². The Hall–Kier alpha value is -0.660. The zero-order valence-corrected chi connectivity index (χ0v) is 14.6. The molecule has 6 nitrogen and oxygen atoms in total. The van der Waals surface area contributed by atoms with Crippen molar-refractivity contribution in [3.63, 3.8) is 0 Å². The number of hydrogen-bond acceptors (Lipinski definition) is 4. The zero-order valence-electron chi connectivity index (χ0n) is 13.8. The van der Waals surface area contributed by atoms with Gasteiger partial charge in [0.25, 0.3) is 0 Å². The molecule has 1 amide bonds. The molecule has 2 atom stereocenters. The van der Waals surface area contributed by atoms with Crippen molar-refractivity contribution in [1.29, 1.82) is 0 Å². The number of primary sulfonamides is 1. The average Bonchev–Trinajstić information content (AvgIpc) is 3.08. The van der Waals surface area contributed by atoms with Gasteiger partial charge in [-0.25, -0.2) is 13.6 Å². The van der Waals surface area contributed by atoms with Gasteiger partial charge in [0.15, 0.2) is 0 Å². The monoisotopic (exact) mass is 343 g/mol. The largest absolute Gasteiger partial charge is 0.342 e. The summed E-state index contributed by atoms with van der Waals surface area (Å²) in [4.78, 5) is 16.7. The number of nitrogens with zero attached hydrogens (tertiary/aromatic N) is 2. The van der Waals surface area contributed by atoms with Crippen molar-refractivity contribution >= 4 is 15.9 Å². The van der Waals surface area contributed by atoms with E-state index in [2.05, 4.69) is 4.90 Å². The van der Waals surface area contributed by atoms with Crippen molar-refractivity contribution in [2.24, 2.45) is 17.0 Å². The van der Waals surface area contributed by atoms with Crippen LogP contribution in [-0.2, 0) is 14.8 Å². The van der Waals surface area contributed by atoms with Gasteiger partial charge in [0.2, 0.25) is 15.9 Å². The molecule has 0 bridgehead atoms. The fourth-order valence-corrected chi connectivity index (χ4v) is 5.51. The molecule has 2 saturated heterocycles. The lowest BCUT2D eigenvalue weighted by molar-refractivity contribution is -0.128. The number of likely N-dealkylation sites (tertiary alicyclic amines) is 2. The molecular formula is C16H29N3O3S. The van der Waals surface area contributed by atoms with Crippen LogP contribution >= 0.6 is 0 Å². The Balaban J connectivity index is 1.51. The molecule has 0 aromatic carbocycles. The molecule has 2 N–H and O–H groups in total. The van der Waals surface area contributed by atoms with Crippen molar-refractivity contribution < 1.29 is 13.2 Å². The maximum atomic E-state index is 12.2. The third-order valence-corrected chi connectivity index (χ3v) is 6.57. The lowest BCUT2D eigenvalue weighted by Gasteiger charge is -2.38. The Morgan fingerprint density at radius 1 is 1.04 bits per heavy atom. The third-order valence-electron chi connectivity index (χ3n) is 5.63. The number of carbonyl (C=O) groups excluding carboxylic acids is 1. The van der Waals surface area contributed by atoms with Crippen LogP contribution < -0.4 is 5.14 Å². The number of nitrogens with two attached hydrogens (primary N) is 1. The zero-order chi connectivity index (χ0) is 16.4. The summed E-state index contributed by atoms with van der Waals surface area (Å²) in [5.74, 6) is 0.416. The molecular weight excluding hydrogens is 314 g/mol. The molecule has 1 saturated carbocycles. The first kappa shape index (κ1) is 17.2. The number of amides is 1. The van der Waals surface area contributed by atoms with E-state index >= 15 is 0 Å². The SMILES string of the molecule is NS(=O)(=O)CC1CC(=O)N(CC2CCCN(C3CCCC3)C2)C1. The summed E-state index contributed by atoms with van der Waals surface area (Å²) in [6.07, 6.45) is 8.07. The molecule has 3 rings (SSSR count). The van der Waals surface area contributed by atoms with Gasteiger partial charge in [0.1, 0.15) is 0 Å². The Morgan fingerprint density at radius 2 is 1.78 bits per heavy atom.